The lowest BCUT2D eigenvalue weighted by molar-refractivity contribution is -0.143. The molecule has 0 aromatic carbocycles. The van der Waals surface area contributed by atoms with Crippen LogP contribution in [0.15, 0.2) is 0 Å². The molecule has 0 saturated heterocycles. The third-order valence-electron chi connectivity index (χ3n) is 2.02. The molecule has 0 spiro atoms. The first-order valence-electron chi connectivity index (χ1n) is 4.63. The van der Waals surface area contributed by atoms with Crippen LogP contribution < -0.4 is 0 Å². The maximum atomic E-state index is 10.7. The molecule has 0 saturated carbocycles. The first-order chi connectivity index (χ1) is 6.57. The summed E-state index contributed by atoms with van der Waals surface area (Å²) in [6.45, 7) is 0. The smallest absolute Gasteiger partial charge is 0.306 e. The Morgan fingerprint density at radius 2 is 1.79 bits per heavy atom. The molecule has 0 aromatic heterocycles. The molecule has 0 aliphatic rings. The van der Waals surface area contributed by atoms with Crippen LogP contribution in [0.25, 0.3) is 0 Å². The number of carboxylic acid groups (broad SMARTS) is 2. The zero-order valence-corrected chi connectivity index (χ0v) is 8.87. The van der Waals surface area contributed by atoms with E-state index >= 15 is 0 Å². The second-order valence-electron chi connectivity index (χ2n) is 3.19. The molecule has 0 bridgehead atoms. The van der Waals surface area contributed by atoms with Gasteiger partial charge in [-0.15, -0.1) is 0 Å². The van der Waals surface area contributed by atoms with E-state index in [9.17, 15) is 9.59 Å². The topological polar surface area (TPSA) is 74.6 Å². The highest BCUT2D eigenvalue weighted by Gasteiger charge is 2.17. The normalized spacial score (nSPS) is 12.4. The first kappa shape index (κ1) is 13.3. The molecule has 0 rings (SSSR count). The van der Waals surface area contributed by atoms with Crippen molar-refractivity contribution in [2.45, 2.75) is 32.1 Å². The van der Waals surface area contributed by atoms with Crippen molar-refractivity contribution in [2.75, 3.05) is 5.75 Å². The molecule has 0 heterocycles. The van der Waals surface area contributed by atoms with Gasteiger partial charge in [-0.1, -0.05) is 6.42 Å². The quantitative estimate of drug-likeness (QED) is 0.429. The molecular weight excluding hydrogens is 204 g/mol. The minimum atomic E-state index is -0.939. The van der Waals surface area contributed by atoms with Crippen molar-refractivity contribution in [3.63, 3.8) is 0 Å². The number of rotatable bonds is 8. The number of thiol groups is 1. The van der Waals surface area contributed by atoms with E-state index in [2.05, 4.69) is 12.6 Å². The van der Waals surface area contributed by atoms with Crippen LogP contribution >= 0.6 is 12.6 Å². The van der Waals surface area contributed by atoms with Gasteiger partial charge in [0.05, 0.1) is 5.92 Å². The highest BCUT2D eigenvalue weighted by Crippen LogP contribution is 2.15. The molecular formula is C9H16O4S. The summed E-state index contributed by atoms with van der Waals surface area (Å²) < 4.78 is 0. The Bertz CT molecular complexity index is 193. The van der Waals surface area contributed by atoms with Crippen molar-refractivity contribution in [2.24, 2.45) is 5.92 Å². The molecule has 0 amide bonds. The summed E-state index contributed by atoms with van der Waals surface area (Å²) in [5, 5.41) is 17.2. The lowest BCUT2D eigenvalue weighted by Gasteiger charge is -2.09. The maximum Gasteiger partial charge on any atom is 0.306 e. The summed E-state index contributed by atoms with van der Waals surface area (Å²) in [5.41, 5.74) is 0. The van der Waals surface area contributed by atoms with Crippen molar-refractivity contribution >= 4 is 24.6 Å². The van der Waals surface area contributed by atoms with Gasteiger partial charge in [0.15, 0.2) is 0 Å². The average molecular weight is 220 g/mol. The standard InChI is InChI=1S/C9H16O4S/c10-8(11)5-4-7(9(12)13)3-1-2-6-14/h7,14H,1-6H2,(H,10,11)(H,12,13). The second kappa shape index (κ2) is 7.67. The van der Waals surface area contributed by atoms with Gasteiger partial charge in [-0.05, 0) is 25.0 Å². The number of carbonyl (C=O) groups is 2. The van der Waals surface area contributed by atoms with Gasteiger partial charge in [-0.3, -0.25) is 9.59 Å². The summed E-state index contributed by atoms with van der Waals surface area (Å²) in [7, 11) is 0. The van der Waals surface area contributed by atoms with Gasteiger partial charge < -0.3 is 10.2 Å². The molecule has 4 nitrogen and oxygen atoms in total. The molecule has 82 valence electrons. The van der Waals surface area contributed by atoms with Crippen LogP contribution in [0.1, 0.15) is 32.1 Å². The van der Waals surface area contributed by atoms with E-state index in [0.717, 1.165) is 18.6 Å². The fourth-order valence-electron chi connectivity index (χ4n) is 1.19. The maximum absolute atomic E-state index is 10.7. The van der Waals surface area contributed by atoms with Crippen molar-refractivity contribution in [1.29, 1.82) is 0 Å². The number of hydrogen-bond acceptors (Lipinski definition) is 3. The predicted octanol–water partition coefficient (Wildman–Crippen LogP) is 1.65. The van der Waals surface area contributed by atoms with Crippen LogP contribution in [0.5, 0.6) is 0 Å². The third kappa shape index (κ3) is 6.77. The fourth-order valence-corrected chi connectivity index (χ4v) is 1.42. The van der Waals surface area contributed by atoms with E-state index in [0.29, 0.717) is 6.42 Å². The van der Waals surface area contributed by atoms with Crippen molar-refractivity contribution < 1.29 is 19.8 Å². The third-order valence-corrected chi connectivity index (χ3v) is 2.33. The summed E-state index contributed by atoms with van der Waals surface area (Å²) in [6, 6.07) is 0. The van der Waals surface area contributed by atoms with Crippen LogP contribution in [-0.2, 0) is 9.59 Å². The molecule has 5 heteroatoms. The van der Waals surface area contributed by atoms with Crippen molar-refractivity contribution in [3.05, 3.63) is 0 Å². The van der Waals surface area contributed by atoms with Gasteiger partial charge in [0.2, 0.25) is 0 Å². The molecule has 0 aliphatic heterocycles. The Morgan fingerprint density at radius 3 is 2.21 bits per heavy atom. The zero-order chi connectivity index (χ0) is 11.0. The van der Waals surface area contributed by atoms with Gasteiger partial charge in [-0.25, -0.2) is 0 Å². The van der Waals surface area contributed by atoms with Gasteiger partial charge in [-0.2, -0.15) is 12.6 Å². The highest BCUT2D eigenvalue weighted by atomic mass is 32.1. The highest BCUT2D eigenvalue weighted by molar-refractivity contribution is 7.80. The van der Waals surface area contributed by atoms with E-state index < -0.39 is 17.9 Å². The van der Waals surface area contributed by atoms with Crippen molar-refractivity contribution in [1.82, 2.24) is 0 Å². The summed E-state index contributed by atoms with van der Waals surface area (Å²) in [6.07, 6.45) is 2.36. The number of unbranched alkanes of at least 4 members (excludes halogenated alkanes) is 1. The minimum absolute atomic E-state index is 0.0716. The van der Waals surface area contributed by atoms with Crippen LogP contribution in [0.3, 0.4) is 0 Å². The molecule has 1 atom stereocenters. The van der Waals surface area contributed by atoms with E-state index in [-0.39, 0.29) is 12.8 Å². The van der Waals surface area contributed by atoms with Gasteiger partial charge in [0, 0.05) is 6.42 Å². The fraction of sp³-hybridized carbons (Fsp3) is 0.778. The Kier molecular flexibility index (Phi) is 7.28. The SMILES string of the molecule is O=C(O)CCC(CCCCS)C(=O)O. The predicted molar refractivity (Wildman–Crippen MR) is 55.7 cm³/mol. The Morgan fingerprint density at radius 1 is 1.14 bits per heavy atom. The summed E-state index contributed by atoms with van der Waals surface area (Å²) in [5.74, 6) is -1.62. The zero-order valence-electron chi connectivity index (χ0n) is 7.98. The van der Waals surface area contributed by atoms with Crippen LogP contribution in [0.4, 0.5) is 0 Å². The molecule has 2 N–H and O–H groups in total. The van der Waals surface area contributed by atoms with Crippen molar-refractivity contribution in [3.8, 4) is 0 Å². The number of aliphatic carboxylic acids is 2. The lowest BCUT2D eigenvalue weighted by atomic mass is 9.97. The minimum Gasteiger partial charge on any atom is -0.481 e. The molecule has 1 unspecified atom stereocenters. The lowest BCUT2D eigenvalue weighted by Crippen LogP contribution is -2.15. The molecule has 0 radical (unpaired) electrons. The van der Waals surface area contributed by atoms with Crippen LogP contribution in [0.2, 0.25) is 0 Å². The van der Waals surface area contributed by atoms with E-state index in [4.69, 9.17) is 10.2 Å². The largest absolute Gasteiger partial charge is 0.481 e. The molecule has 0 fully saturated rings. The Balaban J connectivity index is 3.78. The Hall–Kier alpha value is -0.710. The second-order valence-corrected chi connectivity index (χ2v) is 3.63. The molecule has 14 heavy (non-hydrogen) atoms. The summed E-state index contributed by atoms with van der Waals surface area (Å²) in [4.78, 5) is 20.9. The average Bonchev–Trinajstić information content (AvgIpc) is 2.10. The summed E-state index contributed by atoms with van der Waals surface area (Å²) >= 11 is 4.02. The van der Waals surface area contributed by atoms with E-state index in [1.54, 1.807) is 0 Å². The monoisotopic (exact) mass is 220 g/mol. The van der Waals surface area contributed by atoms with E-state index in [1.807, 2.05) is 0 Å². The number of hydrogen-bond donors (Lipinski definition) is 3. The van der Waals surface area contributed by atoms with Crippen LogP contribution in [-0.4, -0.2) is 27.9 Å². The molecule has 0 aliphatic carbocycles. The van der Waals surface area contributed by atoms with Gasteiger partial charge >= 0.3 is 11.9 Å². The van der Waals surface area contributed by atoms with Gasteiger partial charge in [0.25, 0.3) is 0 Å². The number of carboxylic acids is 2. The van der Waals surface area contributed by atoms with Crippen LogP contribution in [0, 0.1) is 5.92 Å². The first-order valence-corrected chi connectivity index (χ1v) is 5.26. The van der Waals surface area contributed by atoms with Gasteiger partial charge in [0.1, 0.15) is 0 Å². The Labute approximate surface area is 88.7 Å². The van der Waals surface area contributed by atoms with E-state index in [1.165, 1.54) is 0 Å². The molecule has 0 aromatic rings.